The molecule has 0 saturated heterocycles. The number of benzene rings is 1. The number of fused-ring (bicyclic) bond motifs is 1. The molecule has 0 amide bonds. The summed E-state index contributed by atoms with van der Waals surface area (Å²) in [4.78, 5) is 0. The van der Waals surface area contributed by atoms with E-state index < -0.39 is 0 Å². The van der Waals surface area contributed by atoms with E-state index in [1.54, 1.807) is 7.11 Å². The maximum absolute atomic E-state index is 5.45. The summed E-state index contributed by atoms with van der Waals surface area (Å²) >= 11 is 0. The van der Waals surface area contributed by atoms with Crippen molar-refractivity contribution in [3.05, 3.63) is 23.8 Å². The van der Waals surface area contributed by atoms with Gasteiger partial charge in [-0.15, -0.1) is 0 Å². The lowest BCUT2D eigenvalue weighted by molar-refractivity contribution is 0.320. The standard InChI is InChI=1S/C15H21NO/c1-17-15-9-5-8-13-12(15)10-14(16-13)11-6-3-2-4-7-11/h5,8-9,11,14,16H,2-4,6-7,10H2,1H3. The molecule has 2 nitrogen and oxygen atoms in total. The number of rotatable bonds is 2. The summed E-state index contributed by atoms with van der Waals surface area (Å²) in [5.74, 6) is 1.91. The summed E-state index contributed by atoms with van der Waals surface area (Å²) < 4.78 is 5.45. The van der Waals surface area contributed by atoms with Crippen LogP contribution in [0.15, 0.2) is 18.2 Å². The Hall–Kier alpha value is -1.18. The number of methoxy groups -OCH3 is 1. The average molecular weight is 231 g/mol. The molecule has 92 valence electrons. The Morgan fingerprint density at radius 3 is 2.76 bits per heavy atom. The van der Waals surface area contributed by atoms with Gasteiger partial charge >= 0.3 is 0 Å². The first kappa shape index (κ1) is 10.9. The van der Waals surface area contributed by atoms with Crippen LogP contribution in [0, 0.1) is 5.92 Å². The highest BCUT2D eigenvalue weighted by molar-refractivity contribution is 5.62. The zero-order valence-corrected chi connectivity index (χ0v) is 10.5. The molecule has 1 atom stereocenters. The van der Waals surface area contributed by atoms with Crippen molar-refractivity contribution in [2.75, 3.05) is 12.4 Å². The molecule has 1 aromatic carbocycles. The van der Waals surface area contributed by atoms with Crippen molar-refractivity contribution in [3.63, 3.8) is 0 Å². The van der Waals surface area contributed by atoms with E-state index in [9.17, 15) is 0 Å². The molecule has 2 heteroatoms. The first-order valence-electron chi connectivity index (χ1n) is 6.81. The maximum Gasteiger partial charge on any atom is 0.124 e. The minimum atomic E-state index is 0.640. The Morgan fingerprint density at radius 1 is 1.18 bits per heavy atom. The summed E-state index contributed by atoms with van der Waals surface area (Å²) in [7, 11) is 1.77. The third kappa shape index (κ3) is 2.01. The van der Waals surface area contributed by atoms with Gasteiger partial charge in [-0.2, -0.15) is 0 Å². The zero-order valence-electron chi connectivity index (χ0n) is 10.5. The Morgan fingerprint density at radius 2 is 2.00 bits per heavy atom. The molecule has 0 radical (unpaired) electrons. The van der Waals surface area contributed by atoms with Crippen molar-refractivity contribution in [1.29, 1.82) is 0 Å². The third-order valence-electron chi connectivity index (χ3n) is 4.34. The molecular weight excluding hydrogens is 210 g/mol. The van der Waals surface area contributed by atoms with Gasteiger partial charge in [0.1, 0.15) is 5.75 Å². The van der Waals surface area contributed by atoms with Gasteiger partial charge < -0.3 is 10.1 Å². The van der Waals surface area contributed by atoms with Crippen LogP contribution >= 0.6 is 0 Å². The number of ether oxygens (including phenoxy) is 1. The van der Waals surface area contributed by atoms with Gasteiger partial charge in [0, 0.05) is 17.3 Å². The normalized spacial score (nSPS) is 24.2. The lowest BCUT2D eigenvalue weighted by Crippen LogP contribution is -2.28. The number of hydrogen-bond donors (Lipinski definition) is 1. The van der Waals surface area contributed by atoms with Gasteiger partial charge in [-0.05, 0) is 37.3 Å². The van der Waals surface area contributed by atoms with Gasteiger partial charge in [0.2, 0.25) is 0 Å². The SMILES string of the molecule is COc1cccc2c1CC(C1CCCCC1)N2. The van der Waals surface area contributed by atoms with Crippen LogP contribution in [-0.2, 0) is 6.42 Å². The van der Waals surface area contributed by atoms with Crippen LogP contribution in [0.3, 0.4) is 0 Å². The minimum absolute atomic E-state index is 0.640. The molecule has 0 aromatic heterocycles. The van der Waals surface area contributed by atoms with Crippen molar-refractivity contribution in [2.45, 2.75) is 44.6 Å². The van der Waals surface area contributed by atoms with Gasteiger partial charge in [0.05, 0.1) is 7.11 Å². The maximum atomic E-state index is 5.45. The van der Waals surface area contributed by atoms with Crippen LogP contribution in [0.25, 0.3) is 0 Å². The molecule has 1 saturated carbocycles. The van der Waals surface area contributed by atoms with Gasteiger partial charge in [0.25, 0.3) is 0 Å². The molecule has 1 fully saturated rings. The van der Waals surface area contributed by atoms with E-state index >= 15 is 0 Å². The van der Waals surface area contributed by atoms with Crippen LogP contribution in [0.1, 0.15) is 37.7 Å². The summed E-state index contributed by atoms with van der Waals surface area (Å²) in [5.41, 5.74) is 2.67. The van der Waals surface area contributed by atoms with E-state index in [0.717, 1.165) is 18.1 Å². The highest BCUT2D eigenvalue weighted by Crippen LogP contribution is 2.39. The van der Waals surface area contributed by atoms with Crippen LogP contribution in [0.4, 0.5) is 5.69 Å². The van der Waals surface area contributed by atoms with E-state index in [0.29, 0.717) is 6.04 Å². The second-order valence-corrected chi connectivity index (χ2v) is 5.34. The molecule has 1 aromatic rings. The lowest BCUT2D eigenvalue weighted by Gasteiger charge is -2.27. The molecule has 1 aliphatic carbocycles. The van der Waals surface area contributed by atoms with Crippen molar-refractivity contribution >= 4 is 5.69 Å². The molecule has 1 heterocycles. The topological polar surface area (TPSA) is 21.3 Å². The van der Waals surface area contributed by atoms with Crippen molar-refractivity contribution in [2.24, 2.45) is 5.92 Å². The number of anilines is 1. The quantitative estimate of drug-likeness (QED) is 0.839. The molecule has 0 bridgehead atoms. The monoisotopic (exact) mass is 231 g/mol. The molecule has 1 N–H and O–H groups in total. The van der Waals surface area contributed by atoms with E-state index in [1.807, 2.05) is 0 Å². The fraction of sp³-hybridized carbons (Fsp3) is 0.600. The van der Waals surface area contributed by atoms with E-state index in [4.69, 9.17) is 4.74 Å². The minimum Gasteiger partial charge on any atom is -0.496 e. The Labute approximate surface area is 103 Å². The van der Waals surface area contributed by atoms with Crippen LogP contribution in [0.2, 0.25) is 0 Å². The van der Waals surface area contributed by atoms with Crippen molar-refractivity contribution in [3.8, 4) is 5.75 Å². The molecule has 0 spiro atoms. The fourth-order valence-electron chi connectivity index (χ4n) is 3.39. The van der Waals surface area contributed by atoms with Gasteiger partial charge in [0.15, 0.2) is 0 Å². The molecular formula is C15H21NO. The summed E-state index contributed by atoms with van der Waals surface area (Å²) in [5, 5.41) is 3.70. The van der Waals surface area contributed by atoms with Crippen LogP contribution in [-0.4, -0.2) is 13.2 Å². The Bertz CT molecular complexity index is 396. The zero-order chi connectivity index (χ0) is 11.7. The Kier molecular flexibility index (Phi) is 2.96. The van der Waals surface area contributed by atoms with Crippen LogP contribution in [0.5, 0.6) is 5.75 Å². The predicted octanol–water partition coefficient (Wildman–Crippen LogP) is 3.61. The fourth-order valence-corrected chi connectivity index (χ4v) is 3.39. The van der Waals surface area contributed by atoms with Crippen molar-refractivity contribution < 1.29 is 4.74 Å². The number of nitrogens with one attached hydrogen (secondary N) is 1. The van der Waals surface area contributed by atoms with E-state index in [-0.39, 0.29) is 0 Å². The highest BCUT2D eigenvalue weighted by atomic mass is 16.5. The second-order valence-electron chi connectivity index (χ2n) is 5.34. The third-order valence-corrected chi connectivity index (χ3v) is 4.34. The van der Waals surface area contributed by atoms with Crippen LogP contribution < -0.4 is 10.1 Å². The molecule has 3 rings (SSSR count). The van der Waals surface area contributed by atoms with E-state index in [2.05, 4.69) is 23.5 Å². The molecule has 17 heavy (non-hydrogen) atoms. The Balaban J connectivity index is 1.77. The number of hydrogen-bond acceptors (Lipinski definition) is 2. The van der Waals surface area contributed by atoms with E-state index in [1.165, 1.54) is 43.4 Å². The molecule has 1 unspecified atom stereocenters. The first-order valence-corrected chi connectivity index (χ1v) is 6.81. The molecule has 1 aliphatic heterocycles. The molecule has 2 aliphatic rings. The largest absolute Gasteiger partial charge is 0.496 e. The summed E-state index contributed by atoms with van der Waals surface area (Å²) in [6, 6.07) is 6.97. The lowest BCUT2D eigenvalue weighted by atomic mass is 9.83. The van der Waals surface area contributed by atoms with Gasteiger partial charge in [-0.1, -0.05) is 25.3 Å². The summed E-state index contributed by atoms with van der Waals surface area (Å²) in [6.45, 7) is 0. The first-order chi connectivity index (χ1) is 8.38. The average Bonchev–Trinajstić information content (AvgIpc) is 2.83. The predicted molar refractivity (Wildman–Crippen MR) is 70.7 cm³/mol. The smallest absolute Gasteiger partial charge is 0.124 e. The highest BCUT2D eigenvalue weighted by Gasteiger charge is 2.30. The van der Waals surface area contributed by atoms with Gasteiger partial charge in [-0.25, -0.2) is 0 Å². The van der Waals surface area contributed by atoms with Crippen molar-refractivity contribution in [1.82, 2.24) is 0 Å². The second kappa shape index (κ2) is 4.59. The summed E-state index contributed by atoms with van der Waals surface area (Å²) in [6.07, 6.45) is 8.19. The van der Waals surface area contributed by atoms with Gasteiger partial charge in [-0.3, -0.25) is 0 Å².